The first-order valence-electron chi connectivity index (χ1n) is 13.4. The standard InChI is InChI=1S/C33H31N5O3S/c1-20-15-27(42-26-8-3-5-22(16-26)33(40)38-23-11-9-21(10-12-23)13-14-34)18-28-30(20)36-19-29(32(35)39)31(28)37-24-6-4-7-25(17-24)41-2/h3-12,15-19H,13-14,34H2,1-2H3,(H2,35,39)(H,36,37)(H,38,40). The van der Waals surface area contributed by atoms with Gasteiger partial charge in [-0.2, -0.15) is 0 Å². The van der Waals surface area contributed by atoms with Gasteiger partial charge >= 0.3 is 0 Å². The first kappa shape index (κ1) is 28.7. The Kier molecular flexibility index (Phi) is 8.71. The Bertz CT molecular complexity index is 1770. The maximum Gasteiger partial charge on any atom is 0.255 e. The third-order valence-corrected chi connectivity index (χ3v) is 7.68. The first-order valence-corrected chi connectivity index (χ1v) is 14.2. The number of nitrogens with zero attached hydrogens (tertiary/aromatic N) is 1. The number of hydrogen-bond acceptors (Lipinski definition) is 7. The SMILES string of the molecule is COc1cccc(Nc2c(C(N)=O)cnc3c(C)cc(Sc4cccc(C(=O)Nc5ccc(CCN)cc5)c4)cc23)c1. The van der Waals surface area contributed by atoms with Crippen molar-refractivity contribution in [1.82, 2.24) is 4.98 Å². The van der Waals surface area contributed by atoms with Gasteiger partial charge in [0.25, 0.3) is 11.8 Å². The zero-order valence-corrected chi connectivity index (χ0v) is 24.1. The number of pyridine rings is 1. The maximum absolute atomic E-state index is 13.0. The Labute approximate surface area is 248 Å². The van der Waals surface area contributed by atoms with E-state index < -0.39 is 5.91 Å². The number of fused-ring (bicyclic) bond motifs is 1. The van der Waals surface area contributed by atoms with E-state index in [-0.39, 0.29) is 11.5 Å². The van der Waals surface area contributed by atoms with Crippen molar-refractivity contribution in [3.05, 3.63) is 113 Å². The molecular weight excluding hydrogens is 546 g/mol. The van der Waals surface area contributed by atoms with E-state index >= 15 is 0 Å². The van der Waals surface area contributed by atoms with Crippen molar-refractivity contribution in [2.24, 2.45) is 11.5 Å². The van der Waals surface area contributed by atoms with Gasteiger partial charge in [-0.15, -0.1) is 0 Å². The molecule has 0 radical (unpaired) electrons. The van der Waals surface area contributed by atoms with Gasteiger partial charge in [-0.25, -0.2) is 0 Å². The van der Waals surface area contributed by atoms with Crippen LogP contribution in [0.4, 0.5) is 17.1 Å². The number of ether oxygens (including phenoxy) is 1. The number of aromatic nitrogens is 1. The van der Waals surface area contributed by atoms with E-state index in [0.29, 0.717) is 23.5 Å². The van der Waals surface area contributed by atoms with E-state index in [1.807, 2.05) is 85.8 Å². The van der Waals surface area contributed by atoms with Gasteiger partial charge in [0.15, 0.2) is 0 Å². The number of nitrogens with two attached hydrogens (primary N) is 2. The Hall–Kier alpha value is -4.86. The molecule has 0 unspecified atom stereocenters. The quantitative estimate of drug-likeness (QED) is 0.153. The summed E-state index contributed by atoms with van der Waals surface area (Å²) >= 11 is 1.51. The highest BCUT2D eigenvalue weighted by Gasteiger charge is 2.17. The van der Waals surface area contributed by atoms with Crippen molar-refractivity contribution in [1.29, 1.82) is 0 Å². The molecule has 0 bridgehead atoms. The van der Waals surface area contributed by atoms with Crippen LogP contribution in [0.5, 0.6) is 5.75 Å². The van der Waals surface area contributed by atoms with Crippen LogP contribution >= 0.6 is 11.8 Å². The van der Waals surface area contributed by atoms with E-state index in [2.05, 4.69) is 15.6 Å². The molecule has 6 N–H and O–H groups in total. The summed E-state index contributed by atoms with van der Waals surface area (Å²) in [6.45, 7) is 2.55. The number of carbonyl (C=O) groups excluding carboxylic acids is 2. The minimum Gasteiger partial charge on any atom is -0.497 e. The van der Waals surface area contributed by atoms with Gasteiger partial charge < -0.3 is 26.8 Å². The second kappa shape index (κ2) is 12.8. The number of anilines is 3. The summed E-state index contributed by atoms with van der Waals surface area (Å²) in [5.74, 6) is -0.101. The number of amides is 2. The van der Waals surface area contributed by atoms with Gasteiger partial charge in [-0.1, -0.05) is 36.0 Å². The van der Waals surface area contributed by atoms with E-state index in [0.717, 1.165) is 49.6 Å². The Morgan fingerprint density at radius 1 is 0.929 bits per heavy atom. The molecule has 0 spiro atoms. The molecule has 0 saturated heterocycles. The van der Waals surface area contributed by atoms with Crippen LogP contribution in [0.2, 0.25) is 0 Å². The lowest BCUT2D eigenvalue weighted by Gasteiger charge is -2.16. The fourth-order valence-corrected chi connectivity index (χ4v) is 5.65. The average molecular weight is 578 g/mol. The van der Waals surface area contributed by atoms with Gasteiger partial charge in [0, 0.05) is 44.4 Å². The van der Waals surface area contributed by atoms with Crippen molar-refractivity contribution in [2.75, 3.05) is 24.3 Å². The number of benzene rings is 4. The summed E-state index contributed by atoms with van der Waals surface area (Å²) < 4.78 is 5.36. The molecule has 1 heterocycles. The van der Waals surface area contributed by atoms with Crippen molar-refractivity contribution >= 4 is 51.5 Å². The lowest BCUT2D eigenvalue weighted by molar-refractivity contribution is 0.0998. The van der Waals surface area contributed by atoms with Gasteiger partial charge in [-0.3, -0.25) is 14.6 Å². The second-order valence-electron chi connectivity index (χ2n) is 9.72. The van der Waals surface area contributed by atoms with Crippen LogP contribution < -0.4 is 26.8 Å². The molecule has 5 aromatic rings. The minimum absolute atomic E-state index is 0.196. The van der Waals surface area contributed by atoms with E-state index in [1.165, 1.54) is 18.0 Å². The fraction of sp³-hybridized carbons (Fsp3) is 0.121. The molecule has 4 aromatic carbocycles. The lowest BCUT2D eigenvalue weighted by Crippen LogP contribution is -2.14. The fourth-order valence-electron chi connectivity index (χ4n) is 4.63. The Balaban J connectivity index is 1.44. The van der Waals surface area contributed by atoms with Crippen LogP contribution in [-0.4, -0.2) is 30.5 Å². The van der Waals surface area contributed by atoms with Crippen LogP contribution in [0.25, 0.3) is 10.9 Å². The molecule has 0 aliphatic rings. The molecule has 0 atom stereocenters. The average Bonchev–Trinajstić information content (AvgIpc) is 2.99. The summed E-state index contributed by atoms with van der Waals surface area (Å²) in [5.41, 5.74) is 17.0. The minimum atomic E-state index is -0.585. The number of aryl methyl sites for hydroxylation is 1. The second-order valence-corrected chi connectivity index (χ2v) is 10.9. The van der Waals surface area contributed by atoms with Gasteiger partial charge in [0.05, 0.1) is 23.9 Å². The van der Waals surface area contributed by atoms with Crippen molar-refractivity contribution in [3.8, 4) is 5.75 Å². The third-order valence-electron chi connectivity index (χ3n) is 6.72. The number of carbonyl (C=O) groups is 2. The number of methoxy groups -OCH3 is 1. The zero-order valence-electron chi connectivity index (χ0n) is 23.3. The molecule has 9 heteroatoms. The number of primary amides is 1. The van der Waals surface area contributed by atoms with Crippen LogP contribution in [0, 0.1) is 6.92 Å². The molecule has 8 nitrogen and oxygen atoms in total. The molecule has 0 saturated carbocycles. The van der Waals surface area contributed by atoms with Crippen LogP contribution in [0.1, 0.15) is 31.8 Å². The molecular formula is C33H31N5O3S. The summed E-state index contributed by atoms with van der Waals surface area (Å²) in [4.78, 5) is 31.8. The van der Waals surface area contributed by atoms with Gasteiger partial charge in [0.1, 0.15) is 5.75 Å². The number of nitrogens with one attached hydrogen (secondary N) is 2. The molecule has 2 amide bonds. The third kappa shape index (κ3) is 6.54. The summed E-state index contributed by atoms with van der Waals surface area (Å²) in [7, 11) is 1.60. The summed E-state index contributed by atoms with van der Waals surface area (Å²) in [6, 6.07) is 26.6. The van der Waals surface area contributed by atoms with Crippen LogP contribution in [0.3, 0.4) is 0 Å². The molecule has 0 fully saturated rings. The largest absolute Gasteiger partial charge is 0.497 e. The predicted octanol–water partition coefficient (Wildman–Crippen LogP) is 6.30. The van der Waals surface area contributed by atoms with E-state index in [4.69, 9.17) is 16.2 Å². The Morgan fingerprint density at radius 2 is 1.71 bits per heavy atom. The van der Waals surface area contributed by atoms with Crippen LogP contribution in [0.15, 0.2) is 101 Å². The molecule has 212 valence electrons. The van der Waals surface area contributed by atoms with Gasteiger partial charge in [0.2, 0.25) is 0 Å². The normalized spacial score (nSPS) is 10.8. The number of hydrogen-bond donors (Lipinski definition) is 4. The smallest absolute Gasteiger partial charge is 0.255 e. The van der Waals surface area contributed by atoms with Crippen molar-refractivity contribution < 1.29 is 14.3 Å². The molecule has 0 aliphatic heterocycles. The highest BCUT2D eigenvalue weighted by atomic mass is 32.2. The number of rotatable bonds is 10. The molecule has 42 heavy (non-hydrogen) atoms. The van der Waals surface area contributed by atoms with Crippen molar-refractivity contribution in [2.45, 2.75) is 23.1 Å². The van der Waals surface area contributed by atoms with E-state index in [1.54, 1.807) is 13.2 Å². The van der Waals surface area contributed by atoms with Gasteiger partial charge in [-0.05, 0) is 85.6 Å². The highest BCUT2D eigenvalue weighted by Crippen LogP contribution is 2.37. The Morgan fingerprint density at radius 3 is 2.45 bits per heavy atom. The molecule has 1 aromatic heterocycles. The zero-order chi connectivity index (χ0) is 29.6. The first-order chi connectivity index (χ1) is 20.3. The molecule has 0 aliphatic carbocycles. The summed E-state index contributed by atoms with van der Waals surface area (Å²) in [6.07, 6.45) is 2.29. The van der Waals surface area contributed by atoms with Crippen LogP contribution in [-0.2, 0) is 6.42 Å². The monoisotopic (exact) mass is 577 g/mol. The lowest BCUT2D eigenvalue weighted by atomic mass is 10.1. The van der Waals surface area contributed by atoms with Crippen molar-refractivity contribution in [3.63, 3.8) is 0 Å². The summed E-state index contributed by atoms with van der Waals surface area (Å²) in [5, 5.41) is 7.07. The topological polar surface area (TPSA) is 132 Å². The van der Waals surface area contributed by atoms with E-state index in [9.17, 15) is 9.59 Å². The maximum atomic E-state index is 13.0. The molecule has 5 rings (SSSR count). The highest BCUT2D eigenvalue weighted by molar-refractivity contribution is 7.99. The predicted molar refractivity (Wildman–Crippen MR) is 169 cm³/mol.